The lowest BCUT2D eigenvalue weighted by Gasteiger charge is -2.17. The summed E-state index contributed by atoms with van der Waals surface area (Å²) in [7, 11) is 4.89. The van der Waals surface area contributed by atoms with Crippen LogP contribution in [0.15, 0.2) is 30.6 Å². The molecule has 0 saturated heterocycles. The number of nitro benzene ring substituents is 1. The van der Waals surface area contributed by atoms with Crippen LogP contribution in [-0.2, 0) is 0 Å². The Bertz CT molecular complexity index is 1080. The zero-order valence-electron chi connectivity index (χ0n) is 16.3. The molecule has 0 amide bonds. The van der Waals surface area contributed by atoms with E-state index in [4.69, 9.17) is 4.74 Å². The first kappa shape index (κ1) is 19.7. The number of methoxy groups -OCH3 is 1. The van der Waals surface area contributed by atoms with Gasteiger partial charge in [-0.15, -0.1) is 0 Å². The third kappa shape index (κ3) is 3.98. The molecule has 0 aliphatic rings. The standard InChI is InChI=1S/C18H19N7O4/c1-11-12(10-26)9-24(22-11)17-5-6-19-18(21-17)20-13-7-15(25(27)28)14(23(2)3)8-16(13)29-4/h5-10H,1-4H3,(H,19,20,21). The molecule has 0 spiro atoms. The van der Waals surface area contributed by atoms with Crippen LogP contribution in [0.5, 0.6) is 5.75 Å². The Kier molecular flexibility index (Phi) is 5.39. The number of aldehydes is 1. The molecule has 0 unspecified atom stereocenters. The lowest BCUT2D eigenvalue weighted by molar-refractivity contribution is -0.384. The maximum Gasteiger partial charge on any atom is 0.294 e. The van der Waals surface area contributed by atoms with Gasteiger partial charge in [0.25, 0.3) is 5.69 Å². The molecule has 0 aliphatic heterocycles. The number of carbonyl (C=O) groups is 1. The second-order valence-corrected chi connectivity index (χ2v) is 6.29. The van der Waals surface area contributed by atoms with Gasteiger partial charge in [0.1, 0.15) is 11.4 Å². The van der Waals surface area contributed by atoms with Crippen molar-refractivity contribution in [2.24, 2.45) is 0 Å². The fourth-order valence-corrected chi connectivity index (χ4v) is 2.69. The molecular weight excluding hydrogens is 378 g/mol. The van der Waals surface area contributed by atoms with E-state index in [9.17, 15) is 14.9 Å². The van der Waals surface area contributed by atoms with Crippen molar-refractivity contribution >= 4 is 29.3 Å². The summed E-state index contributed by atoms with van der Waals surface area (Å²) in [6.45, 7) is 1.72. The van der Waals surface area contributed by atoms with Crippen molar-refractivity contribution in [1.82, 2.24) is 19.7 Å². The first-order valence-corrected chi connectivity index (χ1v) is 8.49. The number of nitrogens with one attached hydrogen (secondary N) is 1. The molecule has 3 rings (SSSR count). The number of hydrogen-bond acceptors (Lipinski definition) is 9. The molecule has 150 valence electrons. The van der Waals surface area contributed by atoms with E-state index >= 15 is 0 Å². The van der Waals surface area contributed by atoms with Gasteiger partial charge in [-0.25, -0.2) is 9.67 Å². The summed E-state index contributed by atoms with van der Waals surface area (Å²) < 4.78 is 6.83. The van der Waals surface area contributed by atoms with E-state index in [0.29, 0.717) is 34.2 Å². The lowest BCUT2D eigenvalue weighted by atomic mass is 10.2. The van der Waals surface area contributed by atoms with Gasteiger partial charge in [0.05, 0.1) is 29.0 Å². The number of hydrogen-bond donors (Lipinski definition) is 1. The summed E-state index contributed by atoms with van der Waals surface area (Å²) in [5.74, 6) is 1.01. The van der Waals surface area contributed by atoms with Gasteiger partial charge in [-0.3, -0.25) is 14.9 Å². The number of anilines is 3. The van der Waals surface area contributed by atoms with Gasteiger partial charge in [-0.2, -0.15) is 10.1 Å². The molecule has 0 fully saturated rings. The number of rotatable bonds is 7. The molecule has 0 bridgehead atoms. The largest absolute Gasteiger partial charge is 0.494 e. The van der Waals surface area contributed by atoms with Gasteiger partial charge in [0.2, 0.25) is 5.95 Å². The predicted molar refractivity (Wildman–Crippen MR) is 107 cm³/mol. The van der Waals surface area contributed by atoms with Crippen LogP contribution in [0.25, 0.3) is 5.82 Å². The Morgan fingerprint density at radius 2 is 2.10 bits per heavy atom. The van der Waals surface area contributed by atoms with Gasteiger partial charge in [0.15, 0.2) is 12.1 Å². The van der Waals surface area contributed by atoms with Crippen LogP contribution in [0.4, 0.5) is 23.0 Å². The molecule has 2 aromatic heterocycles. The molecule has 1 aromatic carbocycles. The van der Waals surface area contributed by atoms with Gasteiger partial charge >= 0.3 is 0 Å². The summed E-state index contributed by atoms with van der Waals surface area (Å²) in [5, 5.41) is 18.7. The van der Waals surface area contributed by atoms with Crippen LogP contribution in [0, 0.1) is 17.0 Å². The van der Waals surface area contributed by atoms with Crippen molar-refractivity contribution < 1.29 is 14.5 Å². The Morgan fingerprint density at radius 3 is 2.69 bits per heavy atom. The topological polar surface area (TPSA) is 128 Å². The fraction of sp³-hybridized carbons (Fsp3) is 0.222. The SMILES string of the molecule is COc1cc(N(C)C)c([N+](=O)[O-])cc1Nc1nccc(-n2cc(C=O)c(C)n2)n1. The van der Waals surface area contributed by atoms with E-state index in [1.54, 1.807) is 44.2 Å². The molecule has 2 heterocycles. The molecule has 11 heteroatoms. The van der Waals surface area contributed by atoms with Gasteiger partial charge in [-0.05, 0) is 6.92 Å². The molecule has 0 aliphatic carbocycles. The van der Waals surface area contributed by atoms with Crippen LogP contribution >= 0.6 is 0 Å². The van der Waals surface area contributed by atoms with Crippen LogP contribution in [0.2, 0.25) is 0 Å². The minimum Gasteiger partial charge on any atom is -0.494 e. The van der Waals surface area contributed by atoms with Crippen LogP contribution in [0.3, 0.4) is 0 Å². The third-order valence-electron chi connectivity index (χ3n) is 4.16. The first-order chi connectivity index (χ1) is 13.8. The molecule has 3 aromatic rings. The fourth-order valence-electron chi connectivity index (χ4n) is 2.69. The Labute approximate surface area is 166 Å². The molecule has 0 radical (unpaired) electrons. The minimum absolute atomic E-state index is 0.0900. The summed E-state index contributed by atoms with van der Waals surface area (Å²) in [4.78, 5) is 32.2. The zero-order chi connectivity index (χ0) is 21.1. The number of nitro groups is 1. The summed E-state index contributed by atoms with van der Waals surface area (Å²) in [6, 6.07) is 4.56. The average Bonchev–Trinajstić information content (AvgIpc) is 3.08. The molecular formula is C18H19N7O4. The van der Waals surface area contributed by atoms with E-state index in [1.165, 1.54) is 24.1 Å². The number of carbonyl (C=O) groups excluding carboxylic acids is 1. The Morgan fingerprint density at radius 1 is 1.34 bits per heavy atom. The molecule has 1 N–H and O–H groups in total. The molecule has 11 nitrogen and oxygen atoms in total. The molecule has 0 saturated carbocycles. The Hall–Kier alpha value is -4.02. The quantitative estimate of drug-likeness (QED) is 0.363. The second-order valence-electron chi connectivity index (χ2n) is 6.29. The molecule has 29 heavy (non-hydrogen) atoms. The smallest absolute Gasteiger partial charge is 0.294 e. The average molecular weight is 397 g/mol. The lowest BCUT2D eigenvalue weighted by Crippen LogP contribution is -2.12. The monoisotopic (exact) mass is 397 g/mol. The summed E-state index contributed by atoms with van der Waals surface area (Å²) in [5.41, 5.74) is 1.68. The van der Waals surface area contributed by atoms with Gasteiger partial charge in [0, 0.05) is 44.7 Å². The van der Waals surface area contributed by atoms with Crippen molar-refractivity contribution in [2.45, 2.75) is 6.92 Å². The maximum atomic E-state index is 11.5. The van der Waals surface area contributed by atoms with Crippen LogP contribution in [0.1, 0.15) is 16.1 Å². The van der Waals surface area contributed by atoms with E-state index in [1.807, 2.05) is 0 Å². The van der Waals surface area contributed by atoms with Crippen molar-refractivity contribution in [2.75, 3.05) is 31.4 Å². The van der Waals surface area contributed by atoms with Crippen molar-refractivity contribution in [3.05, 3.63) is 52.0 Å². The predicted octanol–water partition coefficient (Wildman–Crippen LogP) is 2.51. The minimum atomic E-state index is -0.468. The van der Waals surface area contributed by atoms with Crippen LogP contribution < -0.4 is 15.0 Å². The summed E-state index contributed by atoms with van der Waals surface area (Å²) in [6.07, 6.45) is 3.79. The van der Waals surface area contributed by atoms with Crippen molar-refractivity contribution in [3.8, 4) is 11.6 Å². The van der Waals surface area contributed by atoms with E-state index < -0.39 is 4.92 Å². The highest BCUT2D eigenvalue weighted by Gasteiger charge is 2.21. The zero-order valence-corrected chi connectivity index (χ0v) is 16.3. The number of aryl methyl sites for hydroxylation is 1. The highest BCUT2D eigenvalue weighted by molar-refractivity contribution is 5.77. The third-order valence-corrected chi connectivity index (χ3v) is 4.16. The van der Waals surface area contributed by atoms with Crippen LogP contribution in [-0.4, -0.2) is 52.2 Å². The number of ether oxygens (including phenoxy) is 1. The number of nitrogens with zero attached hydrogens (tertiary/aromatic N) is 6. The second kappa shape index (κ2) is 7.92. The number of aromatic nitrogens is 4. The highest BCUT2D eigenvalue weighted by atomic mass is 16.6. The number of benzene rings is 1. The normalized spacial score (nSPS) is 10.5. The van der Waals surface area contributed by atoms with E-state index in [-0.39, 0.29) is 11.6 Å². The Balaban J connectivity index is 2.00. The highest BCUT2D eigenvalue weighted by Crippen LogP contribution is 2.38. The van der Waals surface area contributed by atoms with Crippen molar-refractivity contribution in [3.63, 3.8) is 0 Å². The summed E-state index contributed by atoms with van der Waals surface area (Å²) >= 11 is 0. The van der Waals surface area contributed by atoms with Gasteiger partial charge < -0.3 is 15.0 Å². The van der Waals surface area contributed by atoms with Crippen molar-refractivity contribution in [1.29, 1.82) is 0 Å². The van der Waals surface area contributed by atoms with Gasteiger partial charge in [-0.1, -0.05) is 0 Å². The van der Waals surface area contributed by atoms with E-state index in [0.717, 1.165) is 6.29 Å². The first-order valence-electron chi connectivity index (χ1n) is 8.49. The van der Waals surface area contributed by atoms with E-state index in [2.05, 4.69) is 20.4 Å². The molecule has 0 atom stereocenters. The maximum absolute atomic E-state index is 11.5.